The van der Waals surface area contributed by atoms with Gasteiger partial charge in [0, 0.05) is 29.1 Å². The predicted molar refractivity (Wildman–Crippen MR) is 166 cm³/mol. The maximum absolute atomic E-state index is 14.0. The zero-order valence-corrected chi connectivity index (χ0v) is 25.9. The van der Waals surface area contributed by atoms with Crippen LogP contribution in [0.15, 0.2) is 58.4 Å². The van der Waals surface area contributed by atoms with Crippen LogP contribution in [0, 0.1) is 29.6 Å². The van der Waals surface area contributed by atoms with Crippen molar-refractivity contribution in [3.63, 3.8) is 0 Å². The standard InChI is InChI=1S/C33H33N3O6S2/c1-41-19-11-7-18(8-12-19)36-31(38)26-21-15-22(27(26)32(36)39)28-25(21)24(29-30(43-28)34-33(40)44-29)17-5-9-20(10-6-17)42-16-23(37)35-13-3-2-4-14-35/h5-12,21-22,24-28H,2-4,13-16H2,1H3,(H,34,40)/t21-,22-,24-,25?,26?,27?,28?/m1/s1. The number of nitrogens with one attached hydrogen (secondary N) is 1. The number of methoxy groups -OCH3 is 1. The minimum atomic E-state index is -0.362. The van der Waals surface area contributed by atoms with Crippen LogP contribution in [0.1, 0.15) is 42.0 Å². The maximum atomic E-state index is 14.0. The van der Waals surface area contributed by atoms with Crippen molar-refractivity contribution in [1.82, 2.24) is 9.88 Å². The van der Waals surface area contributed by atoms with Gasteiger partial charge in [-0.25, -0.2) is 0 Å². The summed E-state index contributed by atoms with van der Waals surface area (Å²) in [7, 11) is 1.59. The third kappa shape index (κ3) is 4.34. The number of fused-ring (bicyclic) bond motifs is 9. The first-order valence-corrected chi connectivity index (χ1v) is 17.0. The molecule has 228 valence electrons. The Morgan fingerprint density at radius 1 is 0.909 bits per heavy atom. The van der Waals surface area contributed by atoms with Gasteiger partial charge in [0.15, 0.2) is 6.61 Å². The molecule has 44 heavy (non-hydrogen) atoms. The Morgan fingerprint density at radius 2 is 1.59 bits per heavy atom. The molecule has 7 atom stereocenters. The highest BCUT2D eigenvalue weighted by Crippen LogP contribution is 2.68. The molecule has 1 N–H and O–H groups in total. The van der Waals surface area contributed by atoms with Gasteiger partial charge in [-0.15, -0.1) is 11.8 Å². The van der Waals surface area contributed by atoms with E-state index in [1.165, 1.54) is 22.7 Å². The Bertz CT molecular complexity index is 1680. The number of ether oxygens (including phenoxy) is 2. The molecule has 2 saturated heterocycles. The van der Waals surface area contributed by atoms with Crippen molar-refractivity contribution in [1.29, 1.82) is 0 Å². The van der Waals surface area contributed by atoms with Gasteiger partial charge >= 0.3 is 4.87 Å². The second-order valence-corrected chi connectivity index (χ2v) is 14.7. The van der Waals surface area contributed by atoms with Gasteiger partial charge in [-0.2, -0.15) is 0 Å². The number of carbonyl (C=O) groups is 3. The number of carbonyl (C=O) groups excluding carboxylic acids is 3. The smallest absolute Gasteiger partial charge is 0.305 e. The highest BCUT2D eigenvalue weighted by molar-refractivity contribution is 8.00. The lowest BCUT2D eigenvalue weighted by Crippen LogP contribution is -2.42. The Hall–Kier alpha value is -3.57. The van der Waals surface area contributed by atoms with Gasteiger partial charge in [-0.1, -0.05) is 23.5 Å². The molecule has 3 amide bonds. The molecule has 2 bridgehead atoms. The number of hydrogen-bond donors (Lipinski definition) is 1. The van der Waals surface area contributed by atoms with Crippen molar-refractivity contribution in [3.05, 3.63) is 68.6 Å². The first kappa shape index (κ1) is 27.9. The molecule has 3 aromatic rings. The van der Waals surface area contributed by atoms with Crippen molar-refractivity contribution in [3.8, 4) is 11.5 Å². The van der Waals surface area contributed by atoms with Crippen LogP contribution in [0.25, 0.3) is 0 Å². The number of anilines is 1. The van der Waals surface area contributed by atoms with E-state index in [4.69, 9.17) is 9.47 Å². The number of thioether (sulfide) groups is 1. The van der Waals surface area contributed by atoms with Crippen LogP contribution in [-0.2, 0) is 14.4 Å². The summed E-state index contributed by atoms with van der Waals surface area (Å²) in [5, 5.41) is 1.00. The fourth-order valence-corrected chi connectivity index (χ4v) is 11.4. The quantitative estimate of drug-likeness (QED) is 0.399. The summed E-state index contributed by atoms with van der Waals surface area (Å²) in [5.41, 5.74) is 1.64. The number of benzene rings is 2. The molecule has 8 rings (SSSR count). The molecule has 2 aromatic carbocycles. The highest BCUT2D eigenvalue weighted by atomic mass is 32.2. The summed E-state index contributed by atoms with van der Waals surface area (Å²) in [6.45, 7) is 1.60. The number of thiazole rings is 1. The Balaban J connectivity index is 1.07. The van der Waals surface area contributed by atoms with Crippen LogP contribution in [0.4, 0.5) is 5.69 Å². The van der Waals surface area contributed by atoms with Gasteiger partial charge in [-0.3, -0.25) is 24.1 Å². The summed E-state index contributed by atoms with van der Waals surface area (Å²) in [6.07, 6.45) is 4.08. The molecule has 0 radical (unpaired) electrons. The van der Waals surface area contributed by atoms with Crippen LogP contribution in [0.5, 0.6) is 11.5 Å². The number of likely N-dealkylation sites (tertiary alicyclic amines) is 1. The van der Waals surface area contributed by atoms with Crippen molar-refractivity contribution in [2.24, 2.45) is 29.6 Å². The minimum absolute atomic E-state index is 0.0126. The number of hydrogen-bond acceptors (Lipinski definition) is 8. The Morgan fingerprint density at radius 3 is 2.30 bits per heavy atom. The number of rotatable bonds is 6. The summed E-state index contributed by atoms with van der Waals surface area (Å²) in [6, 6.07) is 14.9. The molecule has 9 nitrogen and oxygen atoms in total. The summed E-state index contributed by atoms with van der Waals surface area (Å²) in [5.74, 6) is 0.517. The van der Waals surface area contributed by atoms with Crippen LogP contribution in [0.2, 0.25) is 0 Å². The molecule has 2 saturated carbocycles. The van der Waals surface area contributed by atoms with Crippen molar-refractivity contribution in [2.75, 3.05) is 31.7 Å². The molecule has 11 heteroatoms. The molecule has 2 aliphatic carbocycles. The monoisotopic (exact) mass is 631 g/mol. The second-order valence-electron chi connectivity index (χ2n) is 12.5. The van der Waals surface area contributed by atoms with Gasteiger partial charge in [-0.05, 0) is 85.4 Å². The molecule has 1 aromatic heterocycles. The third-order valence-corrected chi connectivity index (χ3v) is 13.0. The Labute approximate surface area is 262 Å². The van der Waals surface area contributed by atoms with Gasteiger partial charge in [0.25, 0.3) is 5.91 Å². The third-order valence-electron chi connectivity index (χ3n) is 10.4. The van der Waals surface area contributed by atoms with Crippen LogP contribution < -0.4 is 19.2 Å². The van der Waals surface area contributed by atoms with E-state index < -0.39 is 0 Å². The summed E-state index contributed by atoms with van der Waals surface area (Å²) >= 11 is 2.93. The van der Waals surface area contributed by atoms with E-state index in [2.05, 4.69) is 4.98 Å². The van der Waals surface area contributed by atoms with E-state index in [-0.39, 0.29) is 70.0 Å². The number of H-pyrrole nitrogens is 1. The van der Waals surface area contributed by atoms with Crippen molar-refractivity contribution in [2.45, 2.75) is 41.9 Å². The first-order chi connectivity index (χ1) is 21.4. The van der Waals surface area contributed by atoms with Crippen molar-refractivity contribution >= 4 is 46.5 Å². The van der Waals surface area contributed by atoms with E-state index >= 15 is 0 Å². The molecule has 4 unspecified atom stereocenters. The van der Waals surface area contributed by atoms with Crippen LogP contribution in [-0.4, -0.2) is 59.7 Å². The van der Waals surface area contributed by atoms with Gasteiger partial charge in [0.1, 0.15) is 11.5 Å². The molecule has 4 heterocycles. The molecule has 4 fully saturated rings. The normalized spacial score (nSPS) is 30.2. The van der Waals surface area contributed by atoms with Gasteiger partial charge in [0.05, 0.1) is 29.7 Å². The first-order valence-electron chi connectivity index (χ1n) is 15.3. The lowest BCUT2D eigenvalue weighted by atomic mass is 9.68. The fraction of sp³-hybridized carbons (Fsp3) is 0.455. The van der Waals surface area contributed by atoms with Gasteiger partial charge < -0.3 is 19.4 Å². The fourth-order valence-electron chi connectivity index (χ4n) is 8.53. The molecule has 3 aliphatic heterocycles. The maximum Gasteiger partial charge on any atom is 0.305 e. The zero-order valence-electron chi connectivity index (χ0n) is 24.3. The number of aromatic nitrogens is 1. The molecule has 5 aliphatic rings. The number of piperidine rings is 1. The number of amides is 3. The number of aromatic amines is 1. The Kier molecular flexibility index (Phi) is 6.86. The number of nitrogens with zero attached hydrogens (tertiary/aromatic N) is 2. The van der Waals surface area contributed by atoms with Crippen LogP contribution >= 0.6 is 23.1 Å². The van der Waals surface area contributed by atoms with E-state index in [0.717, 1.165) is 47.8 Å². The lowest BCUT2D eigenvalue weighted by Gasteiger charge is -2.43. The lowest BCUT2D eigenvalue weighted by molar-refractivity contribution is -0.134. The zero-order chi connectivity index (χ0) is 30.1. The van der Waals surface area contributed by atoms with Gasteiger partial charge in [0.2, 0.25) is 11.8 Å². The average Bonchev–Trinajstić information content (AvgIpc) is 3.79. The molecular formula is C33H33N3O6S2. The SMILES string of the molecule is COc1ccc(N2C(=O)C3C(C2=O)[C@@H]2C[C@H]3C3Sc4[nH]c(=O)sc4[C@H](c4ccc(OCC(=O)N5CCCCC5)cc4)C32)cc1. The molecular weight excluding hydrogens is 599 g/mol. The largest absolute Gasteiger partial charge is 0.497 e. The second kappa shape index (κ2) is 10.8. The van der Waals surface area contributed by atoms with E-state index in [1.54, 1.807) is 43.1 Å². The summed E-state index contributed by atoms with van der Waals surface area (Å²) in [4.78, 5) is 60.2. The average molecular weight is 632 g/mol. The summed E-state index contributed by atoms with van der Waals surface area (Å²) < 4.78 is 11.1. The van der Waals surface area contributed by atoms with Crippen molar-refractivity contribution < 1.29 is 23.9 Å². The van der Waals surface area contributed by atoms with E-state index in [0.29, 0.717) is 17.2 Å². The number of imide groups is 1. The predicted octanol–water partition coefficient (Wildman–Crippen LogP) is 4.51. The highest BCUT2D eigenvalue weighted by Gasteiger charge is 2.69. The minimum Gasteiger partial charge on any atom is -0.497 e. The topological polar surface area (TPSA) is 109 Å². The van der Waals surface area contributed by atoms with E-state index in [1.807, 2.05) is 29.2 Å². The molecule has 0 spiro atoms. The van der Waals surface area contributed by atoms with E-state index in [9.17, 15) is 19.2 Å². The van der Waals surface area contributed by atoms with Crippen LogP contribution in [0.3, 0.4) is 0 Å².